The second-order valence-corrected chi connectivity index (χ2v) is 5.55. The minimum Gasteiger partial charge on any atom is -0.399 e. The predicted octanol–water partition coefficient (Wildman–Crippen LogP) is 2.48. The minimum absolute atomic E-state index is 0.0812. The number of hydrogen-bond acceptors (Lipinski definition) is 3. The molecule has 1 saturated carbocycles. The summed E-state index contributed by atoms with van der Waals surface area (Å²) < 4.78 is 0. The van der Waals surface area contributed by atoms with E-state index in [1.54, 1.807) is 19.2 Å². The molecule has 0 aliphatic heterocycles. The van der Waals surface area contributed by atoms with Gasteiger partial charge in [-0.15, -0.1) is 0 Å². The largest absolute Gasteiger partial charge is 0.399 e. The molecule has 4 nitrogen and oxygen atoms in total. The summed E-state index contributed by atoms with van der Waals surface area (Å²) in [6.45, 7) is 3.22. The van der Waals surface area contributed by atoms with Gasteiger partial charge in [-0.05, 0) is 42.9 Å². The molecule has 1 fully saturated rings. The number of carbonyl (C=O) groups excluding carboxylic acids is 1. The summed E-state index contributed by atoms with van der Waals surface area (Å²) in [7, 11) is 1.64. The molecule has 0 aromatic heterocycles. The van der Waals surface area contributed by atoms with E-state index in [4.69, 9.17) is 5.73 Å². The molecule has 1 amide bonds. The Kier molecular flexibility index (Phi) is 4.30. The van der Waals surface area contributed by atoms with E-state index >= 15 is 0 Å². The van der Waals surface area contributed by atoms with Crippen LogP contribution >= 0.6 is 0 Å². The van der Waals surface area contributed by atoms with Crippen LogP contribution in [-0.4, -0.2) is 19.5 Å². The van der Waals surface area contributed by atoms with Crippen molar-refractivity contribution in [3.05, 3.63) is 23.8 Å². The van der Waals surface area contributed by atoms with Crippen LogP contribution in [0.5, 0.6) is 0 Å². The van der Waals surface area contributed by atoms with Gasteiger partial charge in [0, 0.05) is 25.0 Å². The average molecular weight is 261 g/mol. The molecule has 4 N–H and O–H groups in total. The van der Waals surface area contributed by atoms with Crippen molar-refractivity contribution >= 4 is 17.3 Å². The number of amides is 1. The van der Waals surface area contributed by atoms with Crippen LogP contribution in [0.1, 0.15) is 36.5 Å². The molecule has 2 atom stereocenters. The molecule has 4 heteroatoms. The maximum atomic E-state index is 11.8. The molecule has 19 heavy (non-hydrogen) atoms. The summed E-state index contributed by atoms with van der Waals surface area (Å²) in [6, 6.07) is 5.37. The quantitative estimate of drug-likeness (QED) is 0.729. The zero-order valence-corrected chi connectivity index (χ0v) is 11.7. The number of rotatable bonds is 4. The van der Waals surface area contributed by atoms with Crippen molar-refractivity contribution in [2.24, 2.45) is 11.8 Å². The van der Waals surface area contributed by atoms with E-state index in [-0.39, 0.29) is 5.91 Å². The highest BCUT2D eigenvalue weighted by molar-refractivity contribution is 6.00. The van der Waals surface area contributed by atoms with Gasteiger partial charge < -0.3 is 16.4 Å². The average Bonchev–Trinajstić information content (AvgIpc) is 2.81. The number of benzene rings is 1. The highest BCUT2D eigenvalue weighted by Crippen LogP contribution is 2.31. The van der Waals surface area contributed by atoms with Crippen LogP contribution in [0.15, 0.2) is 18.2 Å². The number of nitrogen functional groups attached to an aromatic ring is 1. The lowest BCUT2D eigenvalue weighted by atomic mass is 10.1. The Hall–Kier alpha value is -1.71. The van der Waals surface area contributed by atoms with Crippen LogP contribution < -0.4 is 16.4 Å². The molecule has 0 spiro atoms. The fourth-order valence-corrected chi connectivity index (χ4v) is 2.81. The van der Waals surface area contributed by atoms with E-state index in [0.717, 1.165) is 18.2 Å². The molecule has 0 radical (unpaired) electrons. The second kappa shape index (κ2) is 5.95. The van der Waals surface area contributed by atoms with Gasteiger partial charge in [-0.25, -0.2) is 0 Å². The number of anilines is 2. The molecule has 1 aromatic rings. The molecule has 1 aromatic carbocycles. The van der Waals surface area contributed by atoms with Crippen LogP contribution in [0.25, 0.3) is 0 Å². The summed E-state index contributed by atoms with van der Waals surface area (Å²) in [5, 5.41) is 6.05. The van der Waals surface area contributed by atoms with Crippen LogP contribution in [-0.2, 0) is 0 Å². The van der Waals surface area contributed by atoms with Crippen molar-refractivity contribution in [1.82, 2.24) is 5.32 Å². The number of hydrogen-bond donors (Lipinski definition) is 3. The predicted molar refractivity (Wildman–Crippen MR) is 79.2 cm³/mol. The summed E-state index contributed by atoms with van der Waals surface area (Å²) >= 11 is 0. The van der Waals surface area contributed by atoms with Gasteiger partial charge in [0.05, 0.1) is 5.56 Å². The highest BCUT2D eigenvalue weighted by atomic mass is 16.1. The van der Waals surface area contributed by atoms with E-state index < -0.39 is 0 Å². The number of carbonyl (C=O) groups is 1. The van der Waals surface area contributed by atoms with Crippen molar-refractivity contribution in [3.8, 4) is 0 Å². The standard InChI is InChI=1S/C15H23N3O/c1-10-3-4-11(7-10)9-18-14-8-12(16)5-6-13(14)15(19)17-2/h5-6,8,10-11,18H,3-4,7,9,16H2,1-2H3,(H,17,19). The summed E-state index contributed by atoms with van der Waals surface area (Å²) in [5.41, 5.74) is 7.97. The maximum absolute atomic E-state index is 11.8. The summed E-state index contributed by atoms with van der Waals surface area (Å²) in [4.78, 5) is 11.8. The van der Waals surface area contributed by atoms with Gasteiger partial charge in [-0.2, -0.15) is 0 Å². The zero-order chi connectivity index (χ0) is 13.8. The first-order chi connectivity index (χ1) is 9.10. The van der Waals surface area contributed by atoms with Crippen LogP contribution in [0, 0.1) is 11.8 Å². The fourth-order valence-electron chi connectivity index (χ4n) is 2.81. The Morgan fingerprint density at radius 3 is 2.84 bits per heavy atom. The lowest BCUT2D eigenvalue weighted by molar-refractivity contribution is 0.0964. The van der Waals surface area contributed by atoms with Crippen molar-refractivity contribution in [1.29, 1.82) is 0 Å². The number of nitrogens with two attached hydrogens (primary N) is 1. The van der Waals surface area contributed by atoms with Gasteiger partial charge in [-0.1, -0.05) is 13.3 Å². The lowest BCUT2D eigenvalue weighted by Crippen LogP contribution is -2.21. The SMILES string of the molecule is CNC(=O)c1ccc(N)cc1NCC1CCC(C)C1. The summed E-state index contributed by atoms with van der Waals surface area (Å²) in [6.07, 6.45) is 3.85. The molecule has 0 saturated heterocycles. The molecule has 0 bridgehead atoms. The highest BCUT2D eigenvalue weighted by Gasteiger charge is 2.21. The van der Waals surface area contributed by atoms with Gasteiger partial charge in [0.25, 0.3) is 5.91 Å². The molecule has 2 unspecified atom stereocenters. The van der Waals surface area contributed by atoms with Crippen LogP contribution in [0.2, 0.25) is 0 Å². The van der Waals surface area contributed by atoms with E-state index in [0.29, 0.717) is 17.2 Å². The third-order valence-corrected chi connectivity index (χ3v) is 3.90. The van der Waals surface area contributed by atoms with Gasteiger partial charge in [0.1, 0.15) is 0 Å². The zero-order valence-electron chi connectivity index (χ0n) is 11.7. The third kappa shape index (κ3) is 3.40. The molecule has 2 rings (SSSR count). The minimum atomic E-state index is -0.0812. The van der Waals surface area contributed by atoms with E-state index in [2.05, 4.69) is 17.6 Å². The second-order valence-electron chi connectivity index (χ2n) is 5.55. The Balaban J connectivity index is 2.05. The third-order valence-electron chi connectivity index (χ3n) is 3.90. The van der Waals surface area contributed by atoms with Crippen LogP contribution in [0.3, 0.4) is 0 Å². The first-order valence-electron chi connectivity index (χ1n) is 6.95. The van der Waals surface area contributed by atoms with E-state index in [9.17, 15) is 4.79 Å². The van der Waals surface area contributed by atoms with Gasteiger partial charge >= 0.3 is 0 Å². The molecule has 0 heterocycles. The molecule has 1 aliphatic rings. The lowest BCUT2D eigenvalue weighted by Gasteiger charge is -2.15. The number of nitrogens with one attached hydrogen (secondary N) is 2. The Labute approximate surface area is 114 Å². The first-order valence-corrected chi connectivity index (χ1v) is 6.95. The fraction of sp³-hybridized carbons (Fsp3) is 0.533. The van der Waals surface area contributed by atoms with Gasteiger partial charge in [-0.3, -0.25) is 4.79 Å². The van der Waals surface area contributed by atoms with Gasteiger partial charge in [0.15, 0.2) is 0 Å². The monoisotopic (exact) mass is 261 g/mol. The van der Waals surface area contributed by atoms with E-state index in [1.807, 2.05) is 6.07 Å². The van der Waals surface area contributed by atoms with Crippen molar-refractivity contribution < 1.29 is 4.79 Å². The van der Waals surface area contributed by atoms with E-state index in [1.165, 1.54) is 19.3 Å². The van der Waals surface area contributed by atoms with Gasteiger partial charge in [0.2, 0.25) is 0 Å². The molecule has 104 valence electrons. The van der Waals surface area contributed by atoms with Crippen molar-refractivity contribution in [2.45, 2.75) is 26.2 Å². The first kappa shape index (κ1) is 13.7. The maximum Gasteiger partial charge on any atom is 0.253 e. The van der Waals surface area contributed by atoms with Crippen molar-refractivity contribution in [2.75, 3.05) is 24.6 Å². The topological polar surface area (TPSA) is 67.2 Å². The Morgan fingerprint density at radius 1 is 1.42 bits per heavy atom. The van der Waals surface area contributed by atoms with Crippen molar-refractivity contribution in [3.63, 3.8) is 0 Å². The molecular weight excluding hydrogens is 238 g/mol. The van der Waals surface area contributed by atoms with Crippen LogP contribution in [0.4, 0.5) is 11.4 Å². The summed E-state index contributed by atoms with van der Waals surface area (Å²) in [5.74, 6) is 1.45. The normalized spacial score (nSPS) is 22.2. The Bertz CT molecular complexity index is 459. The molecular formula is C15H23N3O. The Morgan fingerprint density at radius 2 is 2.21 bits per heavy atom. The molecule has 1 aliphatic carbocycles. The smallest absolute Gasteiger partial charge is 0.253 e.